The van der Waals surface area contributed by atoms with Gasteiger partial charge in [0.25, 0.3) is 0 Å². The summed E-state index contributed by atoms with van der Waals surface area (Å²) in [4.78, 5) is 23.1. The molecule has 0 saturated carbocycles. The van der Waals surface area contributed by atoms with Gasteiger partial charge in [0.2, 0.25) is 5.91 Å². The molecule has 0 heterocycles. The summed E-state index contributed by atoms with van der Waals surface area (Å²) in [6.07, 6.45) is 0. The van der Waals surface area contributed by atoms with Gasteiger partial charge in [-0.05, 0) is 19.4 Å². The lowest BCUT2D eigenvalue weighted by Gasteiger charge is -2.14. The summed E-state index contributed by atoms with van der Waals surface area (Å²) in [5, 5.41) is 2.91. The van der Waals surface area contributed by atoms with Gasteiger partial charge in [0.05, 0.1) is 18.4 Å². The van der Waals surface area contributed by atoms with Gasteiger partial charge < -0.3 is 15.8 Å². The third-order valence-corrected chi connectivity index (χ3v) is 3.86. The van der Waals surface area contributed by atoms with E-state index in [0.717, 1.165) is 5.56 Å². The maximum atomic E-state index is 11.8. The summed E-state index contributed by atoms with van der Waals surface area (Å²) in [6, 6.07) is 9.01. The van der Waals surface area contributed by atoms with Gasteiger partial charge in [-0.1, -0.05) is 30.3 Å². The predicted octanol–water partition coefficient (Wildman–Crippen LogP) is 1.49. The highest BCUT2D eigenvalue weighted by molar-refractivity contribution is 8.00. The number of hydrogen-bond acceptors (Lipinski definition) is 5. The molecule has 6 heteroatoms. The first kappa shape index (κ1) is 17.5. The summed E-state index contributed by atoms with van der Waals surface area (Å²) >= 11 is 1.32. The lowest BCUT2D eigenvalue weighted by molar-refractivity contribution is -0.144. The first-order valence-electron chi connectivity index (χ1n) is 6.88. The third-order valence-electron chi connectivity index (χ3n) is 2.80. The number of hydrogen-bond donors (Lipinski definition) is 2. The van der Waals surface area contributed by atoms with E-state index in [4.69, 9.17) is 10.5 Å². The van der Waals surface area contributed by atoms with Crippen molar-refractivity contribution in [1.29, 1.82) is 0 Å². The zero-order valence-corrected chi connectivity index (χ0v) is 13.2. The van der Waals surface area contributed by atoms with Crippen molar-refractivity contribution >= 4 is 23.6 Å². The van der Waals surface area contributed by atoms with E-state index < -0.39 is 12.0 Å². The molecule has 0 spiro atoms. The van der Waals surface area contributed by atoms with Crippen molar-refractivity contribution in [2.45, 2.75) is 25.9 Å². The molecule has 116 valence electrons. The van der Waals surface area contributed by atoms with E-state index in [0.29, 0.717) is 12.4 Å². The SMILES string of the molecule is CCOC(=O)C(N)CSCC(=O)NC(C)c1ccccc1. The summed E-state index contributed by atoms with van der Waals surface area (Å²) < 4.78 is 4.81. The zero-order valence-electron chi connectivity index (χ0n) is 12.4. The summed E-state index contributed by atoms with van der Waals surface area (Å²) in [7, 11) is 0. The molecule has 1 amide bonds. The Kier molecular flexibility index (Phi) is 7.85. The minimum atomic E-state index is -0.686. The van der Waals surface area contributed by atoms with Crippen LogP contribution in [0.1, 0.15) is 25.5 Å². The molecule has 0 aliphatic rings. The van der Waals surface area contributed by atoms with Gasteiger partial charge in [-0.15, -0.1) is 11.8 Å². The fraction of sp³-hybridized carbons (Fsp3) is 0.467. The zero-order chi connectivity index (χ0) is 15.7. The molecule has 0 bridgehead atoms. The molecule has 3 N–H and O–H groups in total. The maximum absolute atomic E-state index is 11.8. The number of nitrogens with two attached hydrogens (primary N) is 1. The fourth-order valence-corrected chi connectivity index (χ4v) is 2.48. The van der Waals surface area contributed by atoms with Crippen LogP contribution in [0, 0.1) is 0 Å². The largest absolute Gasteiger partial charge is 0.465 e. The van der Waals surface area contributed by atoms with Gasteiger partial charge in [-0.3, -0.25) is 9.59 Å². The van der Waals surface area contributed by atoms with Gasteiger partial charge in [-0.2, -0.15) is 0 Å². The Morgan fingerprint density at radius 2 is 2.00 bits per heavy atom. The number of benzene rings is 1. The van der Waals surface area contributed by atoms with E-state index in [1.54, 1.807) is 6.92 Å². The third kappa shape index (κ3) is 6.64. The van der Waals surface area contributed by atoms with E-state index in [-0.39, 0.29) is 17.7 Å². The van der Waals surface area contributed by atoms with Gasteiger partial charge in [0, 0.05) is 5.75 Å². The second-order valence-electron chi connectivity index (χ2n) is 4.57. The van der Waals surface area contributed by atoms with Crippen molar-refractivity contribution in [1.82, 2.24) is 5.32 Å². The minimum Gasteiger partial charge on any atom is -0.465 e. The van der Waals surface area contributed by atoms with Crippen LogP contribution in [0.25, 0.3) is 0 Å². The first-order valence-corrected chi connectivity index (χ1v) is 8.04. The molecule has 1 rings (SSSR count). The Bertz CT molecular complexity index is 453. The van der Waals surface area contributed by atoms with Crippen LogP contribution in [0.4, 0.5) is 0 Å². The van der Waals surface area contributed by atoms with Gasteiger partial charge in [0.1, 0.15) is 6.04 Å². The van der Waals surface area contributed by atoms with Gasteiger partial charge in [-0.25, -0.2) is 0 Å². The van der Waals surface area contributed by atoms with Crippen molar-refractivity contribution in [2.75, 3.05) is 18.1 Å². The Morgan fingerprint density at radius 1 is 1.33 bits per heavy atom. The predicted molar refractivity (Wildman–Crippen MR) is 84.9 cm³/mol. The molecule has 0 saturated heterocycles. The van der Waals surface area contributed by atoms with Crippen molar-refractivity contribution in [2.24, 2.45) is 5.73 Å². The van der Waals surface area contributed by atoms with Crippen LogP contribution in [0.2, 0.25) is 0 Å². The molecule has 2 atom stereocenters. The molecular weight excluding hydrogens is 288 g/mol. The molecule has 0 fully saturated rings. The smallest absolute Gasteiger partial charge is 0.323 e. The maximum Gasteiger partial charge on any atom is 0.323 e. The monoisotopic (exact) mass is 310 g/mol. The first-order chi connectivity index (χ1) is 10.0. The standard InChI is InChI=1S/C15H22N2O3S/c1-3-20-15(19)13(16)9-21-10-14(18)17-11(2)12-7-5-4-6-8-12/h4-8,11,13H,3,9-10,16H2,1-2H3,(H,17,18). The fourth-order valence-electron chi connectivity index (χ4n) is 1.70. The van der Waals surface area contributed by atoms with Crippen LogP contribution in [-0.2, 0) is 14.3 Å². The Labute approximate surface area is 129 Å². The lowest BCUT2D eigenvalue weighted by atomic mass is 10.1. The Balaban J connectivity index is 2.27. The van der Waals surface area contributed by atoms with Crippen LogP contribution >= 0.6 is 11.8 Å². The van der Waals surface area contributed by atoms with Crippen LogP contribution in [0.5, 0.6) is 0 Å². The molecule has 0 aliphatic heterocycles. The van der Waals surface area contributed by atoms with Gasteiger partial charge in [0.15, 0.2) is 0 Å². The van der Waals surface area contributed by atoms with Crippen molar-refractivity contribution in [3.8, 4) is 0 Å². The number of amides is 1. The highest BCUT2D eigenvalue weighted by Gasteiger charge is 2.15. The van der Waals surface area contributed by atoms with E-state index in [9.17, 15) is 9.59 Å². The van der Waals surface area contributed by atoms with Gasteiger partial charge >= 0.3 is 5.97 Å². The van der Waals surface area contributed by atoms with E-state index >= 15 is 0 Å². The van der Waals surface area contributed by atoms with E-state index in [1.807, 2.05) is 37.3 Å². The topological polar surface area (TPSA) is 81.4 Å². The minimum absolute atomic E-state index is 0.0435. The summed E-state index contributed by atoms with van der Waals surface area (Å²) in [5.41, 5.74) is 6.71. The highest BCUT2D eigenvalue weighted by Crippen LogP contribution is 2.11. The molecule has 0 aromatic heterocycles. The molecule has 0 aliphatic carbocycles. The highest BCUT2D eigenvalue weighted by atomic mass is 32.2. The average Bonchev–Trinajstić information content (AvgIpc) is 2.48. The van der Waals surface area contributed by atoms with Crippen molar-refractivity contribution < 1.29 is 14.3 Å². The lowest BCUT2D eigenvalue weighted by Crippen LogP contribution is -2.35. The Morgan fingerprint density at radius 3 is 2.62 bits per heavy atom. The second-order valence-corrected chi connectivity index (χ2v) is 5.60. The Hall–Kier alpha value is -1.53. The van der Waals surface area contributed by atoms with Crippen molar-refractivity contribution in [3.05, 3.63) is 35.9 Å². The number of esters is 1. The number of ether oxygens (including phenoxy) is 1. The molecule has 5 nitrogen and oxygen atoms in total. The van der Waals surface area contributed by atoms with Crippen molar-refractivity contribution in [3.63, 3.8) is 0 Å². The van der Waals surface area contributed by atoms with Crippen LogP contribution in [-0.4, -0.2) is 36.0 Å². The number of nitrogens with one attached hydrogen (secondary N) is 1. The number of thioether (sulfide) groups is 1. The number of carbonyl (C=O) groups is 2. The van der Waals surface area contributed by atoms with E-state index in [2.05, 4.69) is 5.32 Å². The average molecular weight is 310 g/mol. The molecule has 1 aromatic carbocycles. The molecule has 2 unspecified atom stereocenters. The quantitative estimate of drug-likeness (QED) is 0.711. The number of carbonyl (C=O) groups excluding carboxylic acids is 2. The van der Waals surface area contributed by atoms with E-state index in [1.165, 1.54) is 11.8 Å². The van der Waals surface area contributed by atoms with Crippen LogP contribution < -0.4 is 11.1 Å². The summed E-state index contributed by atoms with van der Waals surface area (Å²) in [5.74, 6) is 0.131. The second kappa shape index (κ2) is 9.41. The molecular formula is C15H22N2O3S. The summed E-state index contributed by atoms with van der Waals surface area (Å²) in [6.45, 7) is 3.98. The number of rotatable bonds is 8. The molecule has 0 radical (unpaired) electrons. The van der Waals surface area contributed by atoms with Crippen LogP contribution in [0.15, 0.2) is 30.3 Å². The normalized spacial score (nSPS) is 13.3. The molecule has 1 aromatic rings. The van der Waals surface area contributed by atoms with Crippen LogP contribution in [0.3, 0.4) is 0 Å². The molecule has 21 heavy (non-hydrogen) atoms.